The first kappa shape index (κ1) is 16.2. The fraction of sp³-hybridized carbons (Fsp3) is 0.125. The molecule has 118 valence electrons. The average Bonchev–Trinajstić information content (AvgIpc) is 2.56. The fourth-order valence-corrected chi connectivity index (χ4v) is 1.78. The highest BCUT2D eigenvalue weighted by molar-refractivity contribution is 5.95. The summed E-state index contributed by atoms with van der Waals surface area (Å²) in [7, 11) is 0. The van der Waals surface area contributed by atoms with Gasteiger partial charge in [0, 0.05) is 17.7 Å². The Balaban J connectivity index is 1.93. The number of non-ortho nitro benzene ring substituents is 1. The van der Waals surface area contributed by atoms with Crippen LogP contribution in [0.5, 0.6) is 5.75 Å². The van der Waals surface area contributed by atoms with Crippen LogP contribution in [0.3, 0.4) is 0 Å². The first-order valence-electron chi connectivity index (χ1n) is 6.91. The number of ether oxygens (including phenoxy) is 1. The molecule has 0 bridgehead atoms. The Kier molecular flexibility index (Phi) is 5.40. The van der Waals surface area contributed by atoms with Crippen LogP contribution in [0, 0.1) is 10.1 Å². The number of nitro groups is 1. The summed E-state index contributed by atoms with van der Waals surface area (Å²) in [6, 6.07) is 12.5. The molecule has 2 aromatic rings. The maximum absolute atomic E-state index is 11.8. The summed E-state index contributed by atoms with van der Waals surface area (Å²) in [5.41, 5.74) is 3.39. The van der Waals surface area contributed by atoms with Crippen molar-refractivity contribution in [1.82, 2.24) is 5.43 Å². The molecule has 0 atom stereocenters. The Morgan fingerprint density at radius 1 is 1.22 bits per heavy atom. The molecule has 0 aliphatic rings. The van der Waals surface area contributed by atoms with Crippen LogP contribution in [-0.2, 0) is 0 Å². The van der Waals surface area contributed by atoms with E-state index in [-0.39, 0.29) is 5.69 Å². The molecule has 2 aromatic carbocycles. The number of hydrogen-bond acceptors (Lipinski definition) is 5. The minimum Gasteiger partial charge on any atom is -0.494 e. The number of nitrogens with one attached hydrogen (secondary N) is 1. The lowest BCUT2D eigenvalue weighted by Gasteiger charge is -2.02. The second-order valence-corrected chi connectivity index (χ2v) is 4.51. The lowest BCUT2D eigenvalue weighted by molar-refractivity contribution is -0.384. The third kappa shape index (κ3) is 4.63. The molecule has 0 saturated carbocycles. The van der Waals surface area contributed by atoms with Gasteiger partial charge in [-0.1, -0.05) is 0 Å². The number of nitrogens with zero attached hydrogens (tertiary/aromatic N) is 2. The number of carbonyl (C=O) groups is 1. The lowest BCUT2D eigenvalue weighted by atomic mass is 10.2. The van der Waals surface area contributed by atoms with Gasteiger partial charge in [0.25, 0.3) is 11.6 Å². The molecule has 0 spiro atoms. The molecule has 7 nitrogen and oxygen atoms in total. The highest BCUT2D eigenvalue weighted by Crippen LogP contribution is 2.12. The largest absolute Gasteiger partial charge is 0.494 e. The maximum atomic E-state index is 11.8. The molecule has 0 saturated heterocycles. The summed E-state index contributed by atoms with van der Waals surface area (Å²) >= 11 is 0. The highest BCUT2D eigenvalue weighted by atomic mass is 16.6. The third-order valence-corrected chi connectivity index (χ3v) is 2.91. The van der Waals surface area contributed by atoms with Crippen LogP contribution in [0.4, 0.5) is 5.69 Å². The Hall–Kier alpha value is -3.22. The van der Waals surface area contributed by atoms with E-state index in [1.165, 1.54) is 30.5 Å². The van der Waals surface area contributed by atoms with Crippen LogP contribution in [0.2, 0.25) is 0 Å². The Bertz CT molecular complexity index is 709. The topological polar surface area (TPSA) is 93.8 Å². The van der Waals surface area contributed by atoms with E-state index in [1.807, 2.05) is 31.2 Å². The van der Waals surface area contributed by atoms with E-state index in [1.54, 1.807) is 0 Å². The molecule has 23 heavy (non-hydrogen) atoms. The predicted molar refractivity (Wildman–Crippen MR) is 85.8 cm³/mol. The minimum absolute atomic E-state index is 0.0700. The Morgan fingerprint density at radius 3 is 2.43 bits per heavy atom. The predicted octanol–water partition coefficient (Wildman–Crippen LogP) is 2.76. The zero-order chi connectivity index (χ0) is 16.7. The van der Waals surface area contributed by atoms with Crippen LogP contribution >= 0.6 is 0 Å². The van der Waals surface area contributed by atoms with Crippen LogP contribution in [0.1, 0.15) is 22.8 Å². The summed E-state index contributed by atoms with van der Waals surface area (Å²) in [6.45, 7) is 2.50. The van der Waals surface area contributed by atoms with Gasteiger partial charge in [0.1, 0.15) is 5.75 Å². The van der Waals surface area contributed by atoms with Crippen LogP contribution in [-0.4, -0.2) is 23.7 Å². The molecule has 0 unspecified atom stereocenters. The number of amides is 1. The van der Waals surface area contributed by atoms with E-state index in [0.29, 0.717) is 12.2 Å². The second kappa shape index (κ2) is 7.69. The number of hydrazone groups is 1. The molecule has 0 fully saturated rings. The molecular formula is C16H15N3O4. The third-order valence-electron chi connectivity index (χ3n) is 2.91. The zero-order valence-corrected chi connectivity index (χ0v) is 12.4. The number of carbonyl (C=O) groups excluding carboxylic acids is 1. The Morgan fingerprint density at radius 2 is 1.87 bits per heavy atom. The van der Waals surface area contributed by atoms with E-state index in [2.05, 4.69) is 10.5 Å². The Labute approximate surface area is 132 Å². The fourth-order valence-electron chi connectivity index (χ4n) is 1.78. The van der Waals surface area contributed by atoms with Crippen molar-refractivity contribution in [3.8, 4) is 5.75 Å². The lowest BCUT2D eigenvalue weighted by Crippen LogP contribution is -2.17. The second-order valence-electron chi connectivity index (χ2n) is 4.51. The molecule has 1 amide bonds. The average molecular weight is 313 g/mol. The van der Waals surface area contributed by atoms with Gasteiger partial charge < -0.3 is 4.74 Å². The molecule has 0 aliphatic carbocycles. The van der Waals surface area contributed by atoms with Gasteiger partial charge in [-0.2, -0.15) is 5.10 Å². The van der Waals surface area contributed by atoms with Gasteiger partial charge in [-0.25, -0.2) is 5.43 Å². The monoisotopic (exact) mass is 313 g/mol. The van der Waals surface area contributed by atoms with E-state index < -0.39 is 10.8 Å². The van der Waals surface area contributed by atoms with Crippen molar-refractivity contribution >= 4 is 17.8 Å². The van der Waals surface area contributed by atoms with E-state index in [9.17, 15) is 14.9 Å². The van der Waals surface area contributed by atoms with Crippen LogP contribution in [0.15, 0.2) is 53.6 Å². The summed E-state index contributed by atoms with van der Waals surface area (Å²) in [5.74, 6) is 0.321. The van der Waals surface area contributed by atoms with Gasteiger partial charge in [0.05, 0.1) is 17.7 Å². The van der Waals surface area contributed by atoms with Gasteiger partial charge in [-0.15, -0.1) is 0 Å². The maximum Gasteiger partial charge on any atom is 0.271 e. The van der Waals surface area contributed by atoms with Gasteiger partial charge in [0.15, 0.2) is 0 Å². The van der Waals surface area contributed by atoms with Crippen LogP contribution in [0.25, 0.3) is 0 Å². The van der Waals surface area contributed by atoms with Crippen molar-refractivity contribution in [3.05, 3.63) is 69.8 Å². The SMILES string of the molecule is CCOc1ccc(C=NNC(=O)c2ccc([N+](=O)[O-])cc2)cc1. The van der Waals surface area contributed by atoms with Crippen LogP contribution < -0.4 is 10.2 Å². The van der Waals surface area contributed by atoms with Crippen molar-refractivity contribution in [2.24, 2.45) is 5.10 Å². The van der Waals surface area contributed by atoms with Crippen molar-refractivity contribution in [2.75, 3.05) is 6.61 Å². The number of benzene rings is 2. The van der Waals surface area contributed by atoms with Gasteiger partial charge in [-0.05, 0) is 48.9 Å². The van der Waals surface area contributed by atoms with E-state index >= 15 is 0 Å². The summed E-state index contributed by atoms with van der Waals surface area (Å²) < 4.78 is 5.33. The van der Waals surface area contributed by atoms with Crippen molar-refractivity contribution in [2.45, 2.75) is 6.92 Å². The summed E-state index contributed by atoms with van der Waals surface area (Å²) in [6.07, 6.45) is 1.50. The van der Waals surface area contributed by atoms with Crippen molar-refractivity contribution < 1.29 is 14.5 Å². The van der Waals surface area contributed by atoms with Crippen molar-refractivity contribution in [1.29, 1.82) is 0 Å². The standard InChI is InChI=1S/C16H15N3O4/c1-2-23-15-9-3-12(4-10-15)11-17-18-16(20)13-5-7-14(8-6-13)19(21)22/h3-11H,2H2,1H3,(H,18,20). The van der Waals surface area contributed by atoms with Crippen molar-refractivity contribution in [3.63, 3.8) is 0 Å². The molecular weight excluding hydrogens is 298 g/mol. The first-order chi connectivity index (χ1) is 11.1. The molecule has 1 N–H and O–H groups in total. The number of hydrogen-bond donors (Lipinski definition) is 1. The summed E-state index contributed by atoms with van der Waals surface area (Å²) in [4.78, 5) is 21.9. The smallest absolute Gasteiger partial charge is 0.271 e. The molecule has 2 rings (SSSR count). The highest BCUT2D eigenvalue weighted by Gasteiger charge is 2.08. The van der Waals surface area contributed by atoms with Gasteiger partial charge in [0.2, 0.25) is 0 Å². The van der Waals surface area contributed by atoms with E-state index in [4.69, 9.17) is 4.74 Å². The zero-order valence-electron chi connectivity index (χ0n) is 12.4. The minimum atomic E-state index is -0.522. The summed E-state index contributed by atoms with van der Waals surface area (Å²) in [5, 5.41) is 14.4. The van der Waals surface area contributed by atoms with Gasteiger partial charge in [-0.3, -0.25) is 14.9 Å². The first-order valence-corrected chi connectivity index (χ1v) is 6.91. The quantitative estimate of drug-likeness (QED) is 0.504. The normalized spacial score (nSPS) is 10.5. The van der Waals surface area contributed by atoms with E-state index in [0.717, 1.165) is 11.3 Å². The molecule has 0 aromatic heterocycles. The molecule has 0 heterocycles. The molecule has 0 aliphatic heterocycles. The molecule has 7 heteroatoms. The van der Waals surface area contributed by atoms with Gasteiger partial charge >= 0.3 is 0 Å². The number of rotatable bonds is 6. The number of nitro benzene ring substituents is 1. The molecule has 0 radical (unpaired) electrons.